The minimum Gasteiger partial charge on any atom is -0.478 e. The molecule has 0 saturated heterocycles. The molecule has 0 unspecified atom stereocenters. The summed E-state index contributed by atoms with van der Waals surface area (Å²) in [6.07, 6.45) is 5.87. The van der Waals surface area contributed by atoms with Crippen LogP contribution in [0.25, 0.3) is 0 Å². The molecule has 114 valence electrons. The Bertz CT molecular complexity index is 718. The summed E-state index contributed by atoms with van der Waals surface area (Å²) in [5.41, 5.74) is 3.30. The number of nitrogens with zero attached hydrogens (tertiary/aromatic N) is 2. The monoisotopic (exact) mass is 298 g/mol. The summed E-state index contributed by atoms with van der Waals surface area (Å²) >= 11 is 0. The molecule has 2 aromatic rings. The fourth-order valence-electron chi connectivity index (χ4n) is 3.17. The maximum absolute atomic E-state index is 11.4. The van der Waals surface area contributed by atoms with Gasteiger partial charge in [-0.1, -0.05) is 6.07 Å². The van der Waals surface area contributed by atoms with Gasteiger partial charge in [0, 0.05) is 18.2 Å². The lowest BCUT2D eigenvalue weighted by Crippen LogP contribution is -2.30. The standard InChI is InChI=1S/C17H18N2O3/c20-17(21)14-3-1-5-15-13(14)4-2-8-19(15)9-12-10-22-16(18-12)11-6-7-11/h1,3,5,10-11H,2,4,6-9H2,(H,20,21). The molecule has 4 rings (SSSR count). The highest BCUT2D eigenvalue weighted by atomic mass is 16.4. The Labute approximate surface area is 128 Å². The number of hydrogen-bond donors (Lipinski definition) is 1. The average molecular weight is 298 g/mol. The van der Waals surface area contributed by atoms with Gasteiger partial charge in [0.05, 0.1) is 17.8 Å². The highest BCUT2D eigenvalue weighted by Gasteiger charge is 2.29. The van der Waals surface area contributed by atoms with Crippen LogP contribution >= 0.6 is 0 Å². The molecular formula is C17H18N2O3. The third-order valence-electron chi connectivity index (χ3n) is 4.43. The van der Waals surface area contributed by atoms with Crippen LogP contribution in [0.5, 0.6) is 0 Å². The Balaban J connectivity index is 1.61. The number of rotatable bonds is 4. The lowest BCUT2D eigenvalue weighted by Gasteiger charge is -2.31. The van der Waals surface area contributed by atoms with Gasteiger partial charge in [0.25, 0.3) is 0 Å². The van der Waals surface area contributed by atoms with E-state index < -0.39 is 5.97 Å². The van der Waals surface area contributed by atoms with Crippen LogP contribution in [0.1, 0.15) is 52.7 Å². The van der Waals surface area contributed by atoms with Crippen LogP contribution in [-0.4, -0.2) is 22.6 Å². The number of hydrogen-bond acceptors (Lipinski definition) is 4. The molecule has 0 bridgehead atoms. The molecule has 0 atom stereocenters. The highest BCUT2D eigenvalue weighted by Crippen LogP contribution is 2.39. The van der Waals surface area contributed by atoms with Gasteiger partial charge in [-0.2, -0.15) is 0 Å². The number of aromatic carboxylic acids is 1. The van der Waals surface area contributed by atoms with Gasteiger partial charge in [-0.3, -0.25) is 0 Å². The molecule has 0 radical (unpaired) electrons. The lowest BCUT2D eigenvalue weighted by molar-refractivity contribution is 0.0695. The van der Waals surface area contributed by atoms with Crippen molar-refractivity contribution in [3.05, 3.63) is 47.2 Å². The van der Waals surface area contributed by atoms with Crippen molar-refractivity contribution in [2.45, 2.75) is 38.1 Å². The minimum absolute atomic E-state index is 0.418. The molecule has 1 aliphatic carbocycles. The SMILES string of the molecule is O=C(O)c1cccc2c1CCCN2Cc1coc(C2CC2)n1. The quantitative estimate of drug-likeness (QED) is 0.939. The van der Waals surface area contributed by atoms with E-state index in [-0.39, 0.29) is 0 Å². The summed E-state index contributed by atoms with van der Waals surface area (Å²) in [4.78, 5) is 18.2. The molecule has 1 saturated carbocycles. The van der Waals surface area contributed by atoms with E-state index in [4.69, 9.17) is 4.42 Å². The van der Waals surface area contributed by atoms with E-state index in [1.54, 1.807) is 12.3 Å². The molecule has 0 spiro atoms. The molecule has 5 heteroatoms. The maximum Gasteiger partial charge on any atom is 0.336 e. The lowest BCUT2D eigenvalue weighted by atomic mass is 9.96. The summed E-state index contributed by atoms with van der Waals surface area (Å²) in [5, 5.41) is 9.34. The number of aromatic nitrogens is 1. The zero-order valence-electron chi connectivity index (χ0n) is 12.3. The minimum atomic E-state index is -0.851. The Morgan fingerprint density at radius 3 is 3.05 bits per heavy atom. The molecule has 1 aromatic heterocycles. The van der Waals surface area contributed by atoms with Crippen molar-refractivity contribution in [1.29, 1.82) is 0 Å². The third kappa shape index (κ3) is 2.36. The van der Waals surface area contributed by atoms with Crippen LogP contribution in [0.4, 0.5) is 5.69 Å². The molecule has 1 aromatic carbocycles. The summed E-state index contributed by atoms with van der Waals surface area (Å²) in [7, 11) is 0. The summed E-state index contributed by atoms with van der Waals surface area (Å²) in [6.45, 7) is 1.59. The first-order valence-corrected chi connectivity index (χ1v) is 7.77. The zero-order valence-corrected chi connectivity index (χ0v) is 12.3. The first-order chi connectivity index (χ1) is 10.7. The van der Waals surface area contributed by atoms with E-state index in [1.165, 1.54) is 12.8 Å². The number of anilines is 1. The Hall–Kier alpha value is -2.30. The number of carbonyl (C=O) groups is 1. The summed E-state index contributed by atoms with van der Waals surface area (Å²) in [6, 6.07) is 5.51. The molecule has 2 heterocycles. The fourth-order valence-corrected chi connectivity index (χ4v) is 3.17. The second kappa shape index (κ2) is 5.16. The van der Waals surface area contributed by atoms with E-state index in [2.05, 4.69) is 9.88 Å². The predicted octanol–water partition coefficient (Wildman–Crippen LogP) is 3.20. The van der Waals surface area contributed by atoms with Crippen LogP contribution in [0, 0.1) is 0 Å². The topological polar surface area (TPSA) is 66.6 Å². The second-order valence-corrected chi connectivity index (χ2v) is 6.08. The Kier molecular flexibility index (Phi) is 3.13. The third-order valence-corrected chi connectivity index (χ3v) is 4.43. The molecule has 0 amide bonds. The smallest absolute Gasteiger partial charge is 0.336 e. The molecule has 5 nitrogen and oxygen atoms in total. The second-order valence-electron chi connectivity index (χ2n) is 6.08. The number of carboxylic acids is 1. The normalized spacial score (nSPS) is 17.4. The van der Waals surface area contributed by atoms with Gasteiger partial charge in [-0.15, -0.1) is 0 Å². The summed E-state index contributed by atoms with van der Waals surface area (Å²) < 4.78 is 5.55. The van der Waals surface area contributed by atoms with Crippen molar-refractivity contribution in [1.82, 2.24) is 4.98 Å². The summed E-state index contributed by atoms with van der Waals surface area (Å²) in [5.74, 6) is 0.517. The van der Waals surface area contributed by atoms with Crippen LogP contribution in [0.15, 0.2) is 28.9 Å². The zero-order chi connectivity index (χ0) is 15.1. The fraction of sp³-hybridized carbons (Fsp3) is 0.412. The van der Waals surface area contributed by atoms with Gasteiger partial charge in [0.2, 0.25) is 0 Å². The molecule has 22 heavy (non-hydrogen) atoms. The first kappa shape index (κ1) is 13.4. The van der Waals surface area contributed by atoms with Gasteiger partial charge in [0.15, 0.2) is 5.89 Å². The van der Waals surface area contributed by atoms with Crippen molar-refractivity contribution in [2.24, 2.45) is 0 Å². The van der Waals surface area contributed by atoms with Crippen molar-refractivity contribution < 1.29 is 14.3 Å². The van der Waals surface area contributed by atoms with Crippen molar-refractivity contribution in [3.8, 4) is 0 Å². The van der Waals surface area contributed by atoms with Gasteiger partial charge in [-0.25, -0.2) is 9.78 Å². The predicted molar refractivity (Wildman–Crippen MR) is 81.3 cm³/mol. The van der Waals surface area contributed by atoms with E-state index in [9.17, 15) is 9.90 Å². The number of fused-ring (bicyclic) bond motifs is 1. The van der Waals surface area contributed by atoms with Gasteiger partial charge in [0.1, 0.15) is 6.26 Å². The van der Waals surface area contributed by atoms with Gasteiger partial charge < -0.3 is 14.4 Å². The van der Waals surface area contributed by atoms with E-state index in [0.717, 1.165) is 42.2 Å². The molecule has 1 fully saturated rings. The van der Waals surface area contributed by atoms with Crippen molar-refractivity contribution in [3.63, 3.8) is 0 Å². The van der Waals surface area contributed by atoms with Gasteiger partial charge >= 0.3 is 5.97 Å². The van der Waals surface area contributed by atoms with E-state index >= 15 is 0 Å². The molecule has 1 N–H and O–H groups in total. The molecule has 2 aliphatic rings. The van der Waals surface area contributed by atoms with Crippen molar-refractivity contribution in [2.75, 3.05) is 11.4 Å². The van der Waals surface area contributed by atoms with Crippen LogP contribution < -0.4 is 4.90 Å². The average Bonchev–Trinajstić information content (AvgIpc) is 3.27. The van der Waals surface area contributed by atoms with E-state index in [0.29, 0.717) is 18.0 Å². The van der Waals surface area contributed by atoms with Gasteiger partial charge in [-0.05, 0) is 43.4 Å². The number of carboxylic acid groups (broad SMARTS) is 1. The number of benzene rings is 1. The molecular weight excluding hydrogens is 280 g/mol. The van der Waals surface area contributed by atoms with Crippen LogP contribution in [0.3, 0.4) is 0 Å². The highest BCUT2D eigenvalue weighted by molar-refractivity contribution is 5.91. The van der Waals surface area contributed by atoms with Crippen molar-refractivity contribution >= 4 is 11.7 Å². The number of oxazole rings is 1. The Morgan fingerprint density at radius 2 is 2.27 bits per heavy atom. The maximum atomic E-state index is 11.4. The van der Waals surface area contributed by atoms with Crippen LogP contribution in [0.2, 0.25) is 0 Å². The first-order valence-electron chi connectivity index (χ1n) is 7.77. The largest absolute Gasteiger partial charge is 0.478 e. The van der Waals surface area contributed by atoms with E-state index in [1.807, 2.05) is 12.1 Å². The molecule has 1 aliphatic heterocycles. The Morgan fingerprint density at radius 1 is 1.41 bits per heavy atom. The van der Waals surface area contributed by atoms with Crippen LogP contribution in [-0.2, 0) is 13.0 Å².